The van der Waals surface area contributed by atoms with E-state index in [0.29, 0.717) is 17.3 Å². The van der Waals surface area contributed by atoms with Crippen molar-refractivity contribution in [3.63, 3.8) is 0 Å². The van der Waals surface area contributed by atoms with Gasteiger partial charge in [-0.1, -0.05) is 48.5 Å². The van der Waals surface area contributed by atoms with Gasteiger partial charge in [-0.2, -0.15) is 0 Å². The zero-order valence-electron chi connectivity index (χ0n) is 25.0. The molecule has 3 saturated carbocycles. The lowest BCUT2D eigenvalue weighted by Crippen LogP contribution is -2.58. The van der Waals surface area contributed by atoms with Crippen LogP contribution in [-0.2, 0) is 18.6 Å². The molecule has 2 saturated heterocycles. The SMILES string of the molecule is CC1(C)OB(c2ccc(C3CC4CC5CC(c6ccc(B7OC(C)(C)C(C)(C)O7)cc6)C45C3)cc2)OC1(C)C. The smallest absolute Gasteiger partial charge is 0.399 e. The van der Waals surface area contributed by atoms with E-state index in [9.17, 15) is 0 Å². The molecule has 2 aliphatic heterocycles. The number of rotatable bonds is 4. The van der Waals surface area contributed by atoms with Gasteiger partial charge >= 0.3 is 14.2 Å². The Morgan fingerprint density at radius 3 is 1.38 bits per heavy atom. The van der Waals surface area contributed by atoms with Gasteiger partial charge in [-0.25, -0.2) is 0 Å². The fourth-order valence-corrected chi connectivity index (χ4v) is 8.30. The van der Waals surface area contributed by atoms with Crippen LogP contribution in [-0.4, -0.2) is 36.6 Å². The molecule has 5 unspecified atom stereocenters. The van der Waals surface area contributed by atoms with Crippen LogP contribution in [0.25, 0.3) is 0 Å². The highest BCUT2D eigenvalue weighted by atomic mass is 16.7. The Balaban J connectivity index is 1.05. The molecule has 206 valence electrons. The Kier molecular flexibility index (Phi) is 5.56. The van der Waals surface area contributed by atoms with Crippen molar-refractivity contribution in [1.29, 1.82) is 0 Å². The lowest BCUT2D eigenvalue weighted by Gasteiger charge is -2.67. The van der Waals surface area contributed by atoms with Crippen LogP contribution >= 0.6 is 0 Å². The molecular weight excluding hydrogens is 482 g/mol. The van der Waals surface area contributed by atoms with E-state index in [2.05, 4.69) is 104 Å². The Morgan fingerprint density at radius 2 is 0.949 bits per heavy atom. The zero-order chi connectivity index (χ0) is 27.6. The van der Waals surface area contributed by atoms with E-state index in [1.165, 1.54) is 36.8 Å². The second kappa shape index (κ2) is 8.25. The van der Waals surface area contributed by atoms with E-state index in [1.54, 1.807) is 0 Å². The minimum atomic E-state index is -0.309. The molecule has 5 fully saturated rings. The summed E-state index contributed by atoms with van der Waals surface area (Å²) < 4.78 is 25.2. The van der Waals surface area contributed by atoms with E-state index in [-0.39, 0.29) is 36.6 Å². The molecule has 0 aromatic heterocycles. The number of benzene rings is 2. The molecule has 1 spiro atoms. The van der Waals surface area contributed by atoms with Crippen LogP contribution in [0.15, 0.2) is 48.5 Å². The first-order valence-corrected chi connectivity index (χ1v) is 15.1. The standard InChI is InChI=1S/C33H44B2O4/c1-29(2)30(3,4)37-34(36-29)26-13-9-21(10-14-26)23-17-24-18-25-19-28(33(24,25)20-23)22-11-15-27(16-12-22)35-38-31(5,6)32(7,8)39-35/h9-16,23-25,28H,17-20H2,1-8H3. The predicted molar refractivity (Wildman–Crippen MR) is 158 cm³/mol. The highest BCUT2D eigenvalue weighted by molar-refractivity contribution is 6.62. The molecule has 2 heterocycles. The van der Waals surface area contributed by atoms with Gasteiger partial charge in [0.05, 0.1) is 22.4 Å². The molecule has 0 amide bonds. The lowest BCUT2D eigenvalue weighted by atomic mass is 9.37. The van der Waals surface area contributed by atoms with Gasteiger partial charge in [0, 0.05) is 0 Å². The summed E-state index contributed by atoms with van der Waals surface area (Å²) in [6.45, 7) is 16.9. The van der Waals surface area contributed by atoms with Crippen LogP contribution in [0, 0.1) is 17.3 Å². The van der Waals surface area contributed by atoms with Crippen LogP contribution < -0.4 is 10.9 Å². The van der Waals surface area contributed by atoms with Gasteiger partial charge in [-0.05, 0) is 132 Å². The van der Waals surface area contributed by atoms with E-state index in [1.807, 2.05) is 0 Å². The van der Waals surface area contributed by atoms with Gasteiger partial charge in [0.25, 0.3) is 0 Å². The average Bonchev–Trinajstić information content (AvgIpc) is 3.41. The fourth-order valence-electron chi connectivity index (χ4n) is 8.30. The van der Waals surface area contributed by atoms with Gasteiger partial charge in [-0.3, -0.25) is 0 Å². The van der Waals surface area contributed by atoms with Crippen molar-refractivity contribution in [2.75, 3.05) is 0 Å². The molecule has 39 heavy (non-hydrogen) atoms. The van der Waals surface area contributed by atoms with Crippen LogP contribution in [0.1, 0.15) is 104 Å². The summed E-state index contributed by atoms with van der Waals surface area (Å²) in [5.74, 6) is 3.10. The molecule has 3 aliphatic carbocycles. The van der Waals surface area contributed by atoms with Crippen LogP contribution in [0.4, 0.5) is 0 Å². The molecule has 2 aromatic rings. The van der Waals surface area contributed by atoms with Crippen LogP contribution in [0.2, 0.25) is 0 Å². The highest BCUT2D eigenvalue weighted by Crippen LogP contribution is 2.78. The average molecular weight is 526 g/mol. The molecule has 5 aliphatic rings. The van der Waals surface area contributed by atoms with Crippen molar-refractivity contribution in [3.05, 3.63) is 59.7 Å². The summed E-state index contributed by atoms with van der Waals surface area (Å²) in [6.07, 6.45) is 5.42. The van der Waals surface area contributed by atoms with Crippen molar-refractivity contribution in [1.82, 2.24) is 0 Å². The first-order valence-electron chi connectivity index (χ1n) is 15.1. The molecule has 0 bridgehead atoms. The van der Waals surface area contributed by atoms with Gasteiger partial charge in [-0.15, -0.1) is 0 Å². The molecule has 2 aromatic carbocycles. The highest BCUT2D eigenvalue weighted by Gasteiger charge is 2.69. The predicted octanol–water partition coefficient (Wildman–Crippen LogP) is 5.97. The van der Waals surface area contributed by atoms with Gasteiger partial charge < -0.3 is 18.6 Å². The largest absolute Gasteiger partial charge is 0.494 e. The monoisotopic (exact) mass is 526 g/mol. The summed E-state index contributed by atoms with van der Waals surface area (Å²) in [6, 6.07) is 18.4. The van der Waals surface area contributed by atoms with E-state index in [0.717, 1.165) is 22.8 Å². The van der Waals surface area contributed by atoms with Crippen molar-refractivity contribution in [2.45, 2.75) is 115 Å². The Morgan fingerprint density at radius 1 is 0.538 bits per heavy atom. The van der Waals surface area contributed by atoms with Gasteiger partial charge in [0.1, 0.15) is 0 Å². The minimum absolute atomic E-state index is 0.288. The summed E-state index contributed by atoms with van der Waals surface area (Å²) in [5, 5.41) is 0. The third kappa shape index (κ3) is 3.74. The summed E-state index contributed by atoms with van der Waals surface area (Å²) >= 11 is 0. The number of hydrogen-bond donors (Lipinski definition) is 0. The second-order valence-electron chi connectivity index (χ2n) is 15.2. The van der Waals surface area contributed by atoms with Crippen molar-refractivity contribution >= 4 is 25.2 Å². The molecular formula is C33H44B2O4. The zero-order valence-corrected chi connectivity index (χ0v) is 25.0. The van der Waals surface area contributed by atoms with E-state index in [4.69, 9.17) is 18.6 Å². The fraction of sp³-hybridized carbons (Fsp3) is 0.636. The summed E-state index contributed by atoms with van der Waals surface area (Å²) in [7, 11) is -0.577. The van der Waals surface area contributed by atoms with Gasteiger partial charge in [0.2, 0.25) is 0 Å². The van der Waals surface area contributed by atoms with Crippen LogP contribution in [0.5, 0.6) is 0 Å². The quantitative estimate of drug-likeness (QED) is 0.460. The Bertz CT molecular complexity index is 1240. The van der Waals surface area contributed by atoms with E-state index < -0.39 is 0 Å². The van der Waals surface area contributed by atoms with Gasteiger partial charge in [0.15, 0.2) is 0 Å². The third-order valence-corrected chi connectivity index (χ3v) is 12.2. The molecule has 0 N–H and O–H groups in total. The van der Waals surface area contributed by atoms with Crippen molar-refractivity contribution < 1.29 is 18.6 Å². The first-order chi connectivity index (χ1) is 18.2. The molecule has 4 nitrogen and oxygen atoms in total. The normalized spacial score (nSPS) is 36.7. The van der Waals surface area contributed by atoms with E-state index >= 15 is 0 Å². The summed E-state index contributed by atoms with van der Waals surface area (Å²) in [4.78, 5) is 0. The molecule has 0 radical (unpaired) electrons. The minimum Gasteiger partial charge on any atom is -0.399 e. The van der Waals surface area contributed by atoms with Crippen molar-refractivity contribution in [3.8, 4) is 0 Å². The molecule has 6 heteroatoms. The van der Waals surface area contributed by atoms with Crippen molar-refractivity contribution in [2.24, 2.45) is 17.3 Å². The topological polar surface area (TPSA) is 36.9 Å². The molecule has 7 rings (SSSR count). The Labute approximate surface area is 235 Å². The second-order valence-corrected chi connectivity index (χ2v) is 15.2. The number of hydrogen-bond acceptors (Lipinski definition) is 4. The maximum atomic E-state index is 6.29. The van der Waals surface area contributed by atoms with Crippen LogP contribution in [0.3, 0.4) is 0 Å². The lowest BCUT2D eigenvalue weighted by molar-refractivity contribution is -0.144. The Hall–Kier alpha value is -1.59. The summed E-state index contributed by atoms with van der Waals surface area (Å²) in [5.41, 5.74) is 4.51. The molecule has 5 atom stereocenters. The maximum absolute atomic E-state index is 6.29. The third-order valence-electron chi connectivity index (χ3n) is 12.2. The maximum Gasteiger partial charge on any atom is 0.494 e. The first kappa shape index (κ1) is 26.3.